The van der Waals surface area contributed by atoms with Gasteiger partial charge in [0.15, 0.2) is 0 Å². The van der Waals surface area contributed by atoms with Crippen molar-refractivity contribution >= 4 is 10.0 Å². The van der Waals surface area contributed by atoms with Crippen LogP contribution in [0.1, 0.15) is 44.9 Å². The van der Waals surface area contributed by atoms with E-state index in [1.165, 1.54) is 38.5 Å². The highest BCUT2D eigenvalue weighted by atomic mass is 32.2. The number of nitrogens with zero attached hydrogens (tertiary/aromatic N) is 1. The standard InChI is InChI=1S/C13H23NO2S/c1-14-13-8-7-10-5-3-2-4-6-11(10)12(13)9-17(14,15)16/h10-13H,2-9H2,1H3. The molecule has 1 saturated heterocycles. The molecule has 1 heterocycles. The number of hydrogen-bond acceptors (Lipinski definition) is 2. The van der Waals surface area contributed by atoms with E-state index in [9.17, 15) is 8.42 Å². The maximum Gasteiger partial charge on any atom is 0.214 e. The molecular formula is C13H23NO2S. The monoisotopic (exact) mass is 257 g/mol. The lowest BCUT2D eigenvalue weighted by atomic mass is 9.68. The summed E-state index contributed by atoms with van der Waals surface area (Å²) in [5.74, 6) is 2.37. The molecule has 0 aromatic carbocycles. The third-order valence-electron chi connectivity index (χ3n) is 5.40. The molecule has 4 atom stereocenters. The molecule has 17 heavy (non-hydrogen) atoms. The normalized spacial score (nSPS) is 45.9. The van der Waals surface area contributed by atoms with Gasteiger partial charge in [-0.1, -0.05) is 25.7 Å². The lowest BCUT2D eigenvalue weighted by Gasteiger charge is -2.39. The van der Waals surface area contributed by atoms with Crippen LogP contribution in [0.3, 0.4) is 0 Å². The van der Waals surface area contributed by atoms with Crippen molar-refractivity contribution in [3.05, 3.63) is 0 Å². The van der Waals surface area contributed by atoms with Gasteiger partial charge in [-0.25, -0.2) is 12.7 Å². The first kappa shape index (κ1) is 12.0. The first-order valence-corrected chi connectivity index (χ1v) is 8.66. The van der Waals surface area contributed by atoms with Gasteiger partial charge in [-0.05, 0) is 37.0 Å². The minimum atomic E-state index is -2.94. The molecule has 3 aliphatic rings. The maximum atomic E-state index is 12.0. The summed E-state index contributed by atoms with van der Waals surface area (Å²) in [5.41, 5.74) is 0. The van der Waals surface area contributed by atoms with Crippen LogP contribution in [-0.4, -0.2) is 31.6 Å². The molecule has 2 aliphatic carbocycles. The fourth-order valence-electron chi connectivity index (χ4n) is 4.47. The van der Waals surface area contributed by atoms with E-state index in [2.05, 4.69) is 0 Å². The molecule has 98 valence electrons. The minimum Gasteiger partial charge on any atom is -0.212 e. The van der Waals surface area contributed by atoms with Crippen molar-refractivity contribution in [1.29, 1.82) is 0 Å². The summed E-state index contributed by atoms with van der Waals surface area (Å²) in [5, 5.41) is 0. The van der Waals surface area contributed by atoms with Crippen LogP contribution in [-0.2, 0) is 10.0 Å². The molecular weight excluding hydrogens is 234 g/mol. The highest BCUT2D eigenvalue weighted by Gasteiger charge is 2.50. The van der Waals surface area contributed by atoms with Crippen molar-refractivity contribution in [3.8, 4) is 0 Å². The molecule has 0 aromatic heterocycles. The Morgan fingerprint density at radius 2 is 1.71 bits per heavy atom. The van der Waals surface area contributed by atoms with Gasteiger partial charge in [0.25, 0.3) is 0 Å². The lowest BCUT2D eigenvalue weighted by Crippen LogP contribution is -2.40. The zero-order valence-corrected chi connectivity index (χ0v) is 11.5. The zero-order valence-electron chi connectivity index (χ0n) is 10.6. The molecule has 1 aliphatic heterocycles. The number of sulfonamides is 1. The summed E-state index contributed by atoms with van der Waals surface area (Å²) in [6.45, 7) is 0. The van der Waals surface area contributed by atoms with Gasteiger partial charge in [-0.15, -0.1) is 0 Å². The molecule has 3 nitrogen and oxygen atoms in total. The molecule has 0 amide bonds. The first-order chi connectivity index (χ1) is 8.09. The van der Waals surface area contributed by atoms with Crippen molar-refractivity contribution in [3.63, 3.8) is 0 Å². The van der Waals surface area contributed by atoms with E-state index >= 15 is 0 Å². The van der Waals surface area contributed by atoms with E-state index in [4.69, 9.17) is 0 Å². The van der Waals surface area contributed by atoms with Crippen molar-refractivity contribution in [2.45, 2.75) is 51.0 Å². The van der Waals surface area contributed by atoms with Crippen LogP contribution >= 0.6 is 0 Å². The predicted octanol–water partition coefficient (Wildman–Crippen LogP) is 2.24. The van der Waals surface area contributed by atoms with E-state index in [0.29, 0.717) is 23.6 Å². The van der Waals surface area contributed by atoms with Gasteiger partial charge in [0, 0.05) is 13.1 Å². The molecule has 0 bridgehead atoms. The van der Waals surface area contributed by atoms with Gasteiger partial charge in [-0.2, -0.15) is 0 Å². The van der Waals surface area contributed by atoms with Gasteiger partial charge in [0.05, 0.1) is 5.75 Å². The fraction of sp³-hybridized carbons (Fsp3) is 1.00. The lowest BCUT2D eigenvalue weighted by molar-refractivity contribution is 0.106. The van der Waals surface area contributed by atoms with Crippen molar-refractivity contribution in [2.75, 3.05) is 12.8 Å². The van der Waals surface area contributed by atoms with Crippen LogP contribution in [0.5, 0.6) is 0 Å². The summed E-state index contributed by atoms with van der Waals surface area (Å²) in [6.07, 6.45) is 9.00. The molecule has 0 aromatic rings. The van der Waals surface area contributed by atoms with Gasteiger partial charge in [0.1, 0.15) is 0 Å². The quantitative estimate of drug-likeness (QED) is 0.667. The van der Waals surface area contributed by atoms with E-state index in [-0.39, 0.29) is 0 Å². The Hall–Kier alpha value is -0.0900. The molecule has 3 fully saturated rings. The van der Waals surface area contributed by atoms with Crippen molar-refractivity contribution < 1.29 is 8.42 Å². The zero-order chi connectivity index (χ0) is 12.0. The molecule has 0 radical (unpaired) electrons. The number of rotatable bonds is 0. The van der Waals surface area contributed by atoms with Crippen LogP contribution in [0.4, 0.5) is 0 Å². The largest absolute Gasteiger partial charge is 0.214 e. The summed E-state index contributed by atoms with van der Waals surface area (Å²) in [6, 6.07) is 0.319. The van der Waals surface area contributed by atoms with Gasteiger partial charge < -0.3 is 0 Å². The first-order valence-electron chi connectivity index (χ1n) is 7.05. The van der Waals surface area contributed by atoms with Crippen molar-refractivity contribution in [2.24, 2.45) is 17.8 Å². The van der Waals surface area contributed by atoms with Crippen molar-refractivity contribution in [1.82, 2.24) is 4.31 Å². The summed E-state index contributed by atoms with van der Waals surface area (Å²) >= 11 is 0. The van der Waals surface area contributed by atoms with Crippen LogP contribution < -0.4 is 0 Å². The van der Waals surface area contributed by atoms with Crippen LogP contribution in [0, 0.1) is 17.8 Å². The number of fused-ring (bicyclic) bond motifs is 3. The average molecular weight is 257 g/mol. The fourth-order valence-corrected chi connectivity index (χ4v) is 6.34. The van der Waals surface area contributed by atoms with Gasteiger partial charge in [0.2, 0.25) is 10.0 Å². The second kappa shape index (κ2) is 4.23. The van der Waals surface area contributed by atoms with E-state index in [0.717, 1.165) is 12.3 Å². The van der Waals surface area contributed by atoms with Crippen LogP contribution in [0.2, 0.25) is 0 Å². The van der Waals surface area contributed by atoms with E-state index in [1.807, 2.05) is 0 Å². The Bertz CT molecular complexity index is 392. The van der Waals surface area contributed by atoms with Crippen LogP contribution in [0.25, 0.3) is 0 Å². The molecule has 0 N–H and O–H groups in total. The molecule has 4 heteroatoms. The second-order valence-corrected chi connectivity index (χ2v) is 8.24. The highest BCUT2D eigenvalue weighted by Crippen LogP contribution is 2.47. The summed E-state index contributed by atoms with van der Waals surface area (Å²) < 4.78 is 25.7. The van der Waals surface area contributed by atoms with Gasteiger partial charge in [-0.3, -0.25) is 0 Å². The Kier molecular flexibility index (Phi) is 2.98. The molecule has 0 spiro atoms. The number of hydrogen-bond donors (Lipinski definition) is 0. The Morgan fingerprint density at radius 1 is 0.941 bits per heavy atom. The van der Waals surface area contributed by atoms with Crippen LogP contribution in [0.15, 0.2) is 0 Å². The summed E-state index contributed by atoms with van der Waals surface area (Å²) in [4.78, 5) is 0. The van der Waals surface area contributed by atoms with Gasteiger partial charge >= 0.3 is 0 Å². The Balaban J connectivity index is 1.87. The minimum absolute atomic E-state index is 0.319. The Morgan fingerprint density at radius 3 is 2.53 bits per heavy atom. The maximum absolute atomic E-state index is 12.0. The molecule has 4 unspecified atom stereocenters. The van der Waals surface area contributed by atoms with E-state index < -0.39 is 10.0 Å². The summed E-state index contributed by atoms with van der Waals surface area (Å²) in [7, 11) is -1.15. The highest BCUT2D eigenvalue weighted by molar-refractivity contribution is 7.89. The second-order valence-electron chi connectivity index (χ2n) is 6.17. The third-order valence-corrected chi connectivity index (χ3v) is 7.36. The topological polar surface area (TPSA) is 37.4 Å². The molecule has 2 saturated carbocycles. The third kappa shape index (κ3) is 1.93. The smallest absolute Gasteiger partial charge is 0.212 e. The SMILES string of the molecule is CN1C2CCC3CCCCCC3C2CS1(=O)=O. The predicted molar refractivity (Wildman–Crippen MR) is 68.1 cm³/mol. The van der Waals surface area contributed by atoms with E-state index in [1.54, 1.807) is 11.4 Å². The average Bonchev–Trinajstić information content (AvgIpc) is 2.47. The molecule has 3 rings (SSSR count). The Labute approximate surface area is 105 Å².